The molecule has 0 aromatic heterocycles. The number of hydrogen-bond donors (Lipinski definition) is 1. The van der Waals surface area contributed by atoms with Gasteiger partial charge in [-0.2, -0.15) is 0 Å². The number of phenolic OH excluding ortho intramolecular Hbond substituents is 1. The molecule has 1 aliphatic rings. The average Bonchev–Trinajstić information content (AvgIpc) is 2.79. The van der Waals surface area contributed by atoms with Crippen LogP contribution in [0.5, 0.6) is 17.2 Å². The van der Waals surface area contributed by atoms with Gasteiger partial charge in [-0.15, -0.1) is 0 Å². The van der Waals surface area contributed by atoms with Crippen LogP contribution in [0, 0.1) is 0 Å². The molecule has 0 saturated heterocycles. The third-order valence-electron chi connectivity index (χ3n) is 5.89. The summed E-state index contributed by atoms with van der Waals surface area (Å²) in [7, 11) is 4.19. The number of fused-ring (bicyclic) bond motifs is 1. The van der Waals surface area contributed by atoms with E-state index in [2.05, 4.69) is 67.5 Å². The van der Waals surface area contributed by atoms with Crippen molar-refractivity contribution in [2.24, 2.45) is 0 Å². The van der Waals surface area contributed by atoms with E-state index < -0.39 is 0 Å². The maximum Gasteiger partial charge on any atom is 0.126 e. The van der Waals surface area contributed by atoms with Crippen molar-refractivity contribution in [3.05, 3.63) is 89.5 Å². The number of ether oxygens (including phenoxy) is 2. The molecule has 4 heteroatoms. The van der Waals surface area contributed by atoms with Gasteiger partial charge < -0.3 is 19.5 Å². The topological polar surface area (TPSA) is 41.9 Å². The molecule has 3 aromatic rings. The zero-order chi connectivity index (χ0) is 21.6. The summed E-state index contributed by atoms with van der Waals surface area (Å²) in [4.78, 5) is 2.20. The number of aromatic hydroxyl groups is 1. The maximum absolute atomic E-state index is 9.92. The van der Waals surface area contributed by atoms with Crippen LogP contribution in [0.25, 0.3) is 0 Å². The molecule has 0 amide bonds. The molecule has 1 aliphatic heterocycles. The van der Waals surface area contributed by atoms with Crippen LogP contribution in [0.4, 0.5) is 0 Å². The minimum Gasteiger partial charge on any atom is -0.508 e. The van der Waals surface area contributed by atoms with Crippen LogP contribution >= 0.6 is 0 Å². The first-order valence-electron chi connectivity index (χ1n) is 11.0. The van der Waals surface area contributed by atoms with E-state index in [1.807, 2.05) is 12.1 Å². The lowest BCUT2D eigenvalue weighted by molar-refractivity contribution is 0.247. The lowest BCUT2D eigenvalue weighted by Crippen LogP contribution is -2.25. The monoisotopic (exact) mass is 417 g/mol. The van der Waals surface area contributed by atoms with Gasteiger partial charge in [0.25, 0.3) is 0 Å². The molecule has 1 heterocycles. The normalized spacial score (nSPS) is 17.8. The summed E-state index contributed by atoms with van der Waals surface area (Å²) in [6, 6.07) is 24.4. The maximum atomic E-state index is 9.92. The van der Waals surface area contributed by atoms with E-state index >= 15 is 0 Å². The molecule has 0 aliphatic carbocycles. The van der Waals surface area contributed by atoms with Gasteiger partial charge in [0.2, 0.25) is 0 Å². The van der Waals surface area contributed by atoms with Crippen molar-refractivity contribution in [3.8, 4) is 17.2 Å². The summed E-state index contributed by atoms with van der Waals surface area (Å²) in [5, 5.41) is 9.92. The standard InChI is InChI=1S/C27H31NO3/c1-28(2)16-6-7-17-30-23-13-10-21(11-14-23)27-24-15-12-22(29)18-26(24)31-19-25(27)20-8-4-3-5-9-20/h3-5,8-15,18,25,27,29H,6-7,16-17,19H2,1-2H3/t25-,27-/m0/s1. The molecular formula is C27H31NO3. The van der Waals surface area contributed by atoms with Gasteiger partial charge in [0.05, 0.1) is 13.2 Å². The Morgan fingerprint density at radius 1 is 0.935 bits per heavy atom. The fourth-order valence-electron chi connectivity index (χ4n) is 4.29. The summed E-state index contributed by atoms with van der Waals surface area (Å²) >= 11 is 0. The van der Waals surface area contributed by atoms with Gasteiger partial charge in [-0.3, -0.25) is 0 Å². The van der Waals surface area contributed by atoms with Crippen LogP contribution in [0.3, 0.4) is 0 Å². The molecule has 0 unspecified atom stereocenters. The van der Waals surface area contributed by atoms with E-state index in [-0.39, 0.29) is 17.6 Å². The molecule has 3 aromatic carbocycles. The molecule has 1 N–H and O–H groups in total. The van der Waals surface area contributed by atoms with E-state index in [9.17, 15) is 5.11 Å². The number of phenols is 1. The van der Waals surface area contributed by atoms with Crippen molar-refractivity contribution >= 4 is 0 Å². The molecule has 0 radical (unpaired) electrons. The van der Waals surface area contributed by atoms with Gasteiger partial charge in [-0.1, -0.05) is 48.5 Å². The Labute approximate surface area is 185 Å². The number of unbranched alkanes of at least 4 members (excludes halogenated alkanes) is 1. The Hall–Kier alpha value is -2.98. The SMILES string of the molecule is CN(C)CCCCOc1ccc([C@H]2c3ccc(O)cc3OC[C@H]2c2ccccc2)cc1. The molecule has 162 valence electrons. The van der Waals surface area contributed by atoms with Gasteiger partial charge in [0.15, 0.2) is 0 Å². The van der Waals surface area contributed by atoms with Crippen molar-refractivity contribution in [2.45, 2.75) is 24.7 Å². The molecule has 0 saturated carbocycles. The van der Waals surface area contributed by atoms with E-state index in [1.165, 1.54) is 11.1 Å². The van der Waals surface area contributed by atoms with Crippen molar-refractivity contribution in [1.29, 1.82) is 0 Å². The third-order valence-corrected chi connectivity index (χ3v) is 5.89. The molecule has 31 heavy (non-hydrogen) atoms. The van der Waals surface area contributed by atoms with Gasteiger partial charge in [0, 0.05) is 23.5 Å². The van der Waals surface area contributed by atoms with E-state index in [4.69, 9.17) is 9.47 Å². The third kappa shape index (κ3) is 5.20. The van der Waals surface area contributed by atoms with E-state index in [1.54, 1.807) is 12.1 Å². The first kappa shape index (κ1) is 21.3. The molecule has 2 atom stereocenters. The van der Waals surface area contributed by atoms with Gasteiger partial charge in [-0.25, -0.2) is 0 Å². The predicted molar refractivity (Wildman–Crippen MR) is 124 cm³/mol. The fraction of sp³-hybridized carbons (Fsp3) is 0.333. The van der Waals surface area contributed by atoms with E-state index in [0.29, 0.717) is 6.61 Å². The Balaban J connectivity index is 1.54. The van der Waals surface area contributed by atoms with Crippen molar-refractivity contribution in [1.82, 2.24) is 4.90 Å². The Kier molecular flexibility index (Phi) is 6.78. The van der Waals surface area contributed by atoms with Crippen LogP contribution in [-0.4, -0.2) is 43.9 Å². The Morgan fingerprint density at radius 2 is 1.71 bits per heavy atom. The zero-order valence-electron chi connectivity index (χ0n) is 18.3. The second kappa shape index (κ2) is 9.88. The Morgan fingerprint density at radius 3 is 2.45 bits per heavy atom. The largest absolute Gasteiger partial charge is 0.508 e. The van der Waals surface area contributed by atoms with Crippen LogP contribution in [-0.2, 0) is 0 Å². The van der Waals surface area contributed by atoms with Gasteiger partial charge in [0.1, 0.15) is 17.2 Å². The molecule has 0 spiro atoms. The lowest BCUT2D eigenvalue weighted by Gasteiger charge is -2.34. The quantitative estimate of drug-likeness (QED) is 0.497. The highest BCUT2D eigenvalue weighted by molar-refractivity contribution is 5.50. The zero-order valence-corrected chi connectivity index (χ0v) is 18.3. The second-order valence-corrected chi connectivity index (χ2v) is 8.46. The molecule has 0 bridgehead atoms. The van der Waals surface area contributed by atoms with Crippen molar-refractivity contribution in [3.63, 3.8) is 0 Å². The fourth-order valence-corrected chi connectivity index (χ4v) is 4.29. The highest BCUT2D eigenvalue weighted by Gasteiger charge is 2.33. The van der Waals surface area contributed by atoms with Gasteiger partial charge >= 0.3 is 0 Å². The van der Waals surface area contributed by atoms with Crippen LogP contribution in [0.15, 0.2) is 72.8 Å². The van der Waals surface area contributed by atoms with Crippen molar-refractivity contribution in [2.75, 3.05) is 33.9 Å². The highest BCUT2D eigenvalue weighted by Crippen LogP contribution is 2.47. The summed E-state index contributed by atoms with van der Waals surface area (Å²) in [5.74, 6) is 2.26. The summed E-state index contributed by atoms with van der Waals surface area (Å²) in [6.45, 7) is 2.40. The lowest BCUT2D eigenvalue weighted by atomic mass is 9.76. The predicted octanol–water partition coefficient (Wildman–Crippen LogP) is 5.42. The first-order valence-corrected chi connectivity index (χ1v) is 11.0. The average molecular weight is 418 g/mol. The number of benzene rings is 3. The summed E-state index contributed by atoms with van der Waals surface area (Å²) < 4.78 is 12.0. The smallest absolute Gasteiger partial charge is 0.126 e. The molecule has 4 nitrogen and oxygen atoms in total. The number of hydrogen-bond acceptors (Lipinski definition) is 4. The first-order chi connectivity index (χ1) is 15.1. The number of rotatable bonds is 8. The minimum absolute atomic E-state index is 0.154. The number of nitrogens with zero attached hydrogens (tertiary/aromatic N) is 1. The molecule has 4 rings (SSSR count). The van der Waals surface area contributed by atoms with Gasteiger partial charge in [-0.05, 0) is 62.8 Å². The van der Waals surface area contributed by atoms with Crippen LogP contribution in [0.1, 0.15) is 41.4 Å². The van der Waals surface area contributed by atoms with Crippen molar-refractivity contribution < 1.29 is 14.6 Å². The highest BCUT2D eigenvalue weighted by atomic mass is 16.5. The molecular weight excluding hydrogens is 386 g/mol. The summed E-state index contributed by atoms with van der Waals surface area (Å²) in [6.07, 6.45) is 2.18. The summed E-state index contributed by atoms with van der Waals surface area (Å²) in [5.41, 5.74) is 3.59. The van der Waals surface area contributed by atoms with Crippen LogP contribution < -0.4 is 9.47 Å². The molecule has 0 fully saturated rings. The van der Waals surface area contributed by atoms with Crippen LogP contribution in [0.2, 0.25) is 0 Å². The van der Waals surface area contributed by atoms with E-state index in [0.717, 1.165) is 43.1 Å². The Bertz CT molecular complexity index is 970. The minimum atomic E-state index is 0.154. The second-order valence-electron chi connectivity index (χ2n) is 8.46.